The van der Waals surface area contributed by atoms with E-state index in [0.717, 1.165) is 33.4 Å². The third kappa shape index (κ3) is 4.47. The van der Waals surface area contributed by atoms with Crippen molar-refractivity contribution in [1.82, 2.24) is 9.97 Å². The molecule has 2 N–H and O–H groups in total. The number of pyridine rings is 1. The maximum absolute atomic E-state index is 11.0. The van der Waals surface area contributed by atoms with E-state index >= 15 is 0 Å². The van der Waals surface area contributed by atoms with Gasteiger partial charge in [-0.1, -0.05) is 48.6 Å². The minimum Gasteiger partial charge on any atom is -0.478 e. The van der Waals surface area contributed by atoms with Crippen molar-refractivity contribution < 1.29 is 14.6 Å². The number of nitrogens with zero attached hydrogens (tertiary/aromatic N) is 2. The van der Waals surface area contributed by atoms with Crippen LogP contribution in [0.1, 0.15) is 22.3 Å². The number of aryl methyl sites for hydroxylation is 1. The van der Waals surface area contributed by atoms with Gasteiger partial charge in [0.05, 0.1) is 10.6 Å². The van der Waals surface area contributed by atoms with Crippen LogP contribution in [-0.2, 0) is 6.42 Å². The molecule has 0 unspecified atom stereocenters. The topological polar surface area (TPSA) is 84.3 Å². The SMILES string of the molecule is CCc1nc(-c2ccccc2)c(Oc2ccnc(Nc3ccc(C(=O)O)cc3)c2)s1. The molecule has 2 heterocycles. The van der Waals surface area contributed by atoms with Crippen LogP contribution in [0.25, 0.3) is 11.3 Å². The normalized spacial score (nSPS) is 10.6. The van der Waals surface area contributed by atoms with Crippen molar-refractivity contribution in [3.8, 4) is 22.1 Å². The molecule has 0 radical (unpaired) electrons. The van der Waals surface area contributed by atoms with Gasteiger partial charge in [0.1, 0.15) is 17.3 Å². The summed E-state index contributed by atoms with van der Waals surface area (Å²) in [6.07, 6.45) is 2.50. The van der Waals surface area contributed by atoms with Crippen LogP contribution < -0.4 is 10.1 Å². The summed E-state index contributed by atoms with van der Waals surface area (Å²) in [6.45, 7) is 2.07. The lowest BCUT2D eigenvalue weighted by molar-refractivity contribution is 0.0697. The fraction of sp³-hybridized carbons (Fsp3) is 0.0870. The van der Waals surface area contributed by atoms with E-state index in [1.54, 1.807) is 42.6 Å². The van der Waals surface area contributed by atoms with Crippen LogP contribution in [0.5, 0.6) is 10.8 Å². The summed E-state index contributed by atoms with van der Waals surface area (Å²) in [5, 5.41) is 13.9. The summed E-state index contributed by atoms with van der Waals surface area (Å²) < 4.78 is 6.17. The molecule has 0 saturated heterocycles. The molecule has 0 fully saturated rings. The van der Waals surface area contributed by atoms with Crippen molar-refractivity contribution in [3.05, 3.63) is 83.5 Å². The lowest BCUT2D eigenvalue weighted by Gasteiger charge is -2.09. The fourth-order valence-electron chi connectivity index (χ4n) is 2.84. The maximum atomic E-state index is 11.0. The second-order valence-electron chi connectivity index (χ2n) is 6.45. The quantitative estimate of drug-likeness (QED) is 0.383. The van der Waals surface area contributed by atoms with Gasteiger partial charge in [-0.15, -0.1) is 0 Å². The number of hydrogen-bond donors (Lipinski definition) is 2. The predicted octanol–water partition coefficient (Wildman–Crippen LogP) is 6.00. The number of benzene rings is 2. The first-order valence-electron chi connectivity index (χ1n) is 9.42. The molecule has 0 aliphatic heterocycles. The molecule has 0 bridgehead atoms. The minimum absolute atomic E-state index is 0.232. The Kier molecular flexibility index (Phi) is 5.72. The summed E-state index contributed by atoms with van der Waals surface area (Å²) in [7, 11) is 0. The monoisotopic (exact) mass is 417 g/mol. The fourth-order valence-corrected chi connectivity index (χ4v) is 3.73. The Bertz CT molecular complexity index is 1160. The highest BCUT2D eigenvalue weighted by atomic mass is 32.1. The van der Waals surface area contributed by atoms with Gasteiger partial charge >= 0.3 is 5.97 Å². The van der Waals surface area contributed by atoms with E-state index in [2.05, 4.69) is 17.2 Å². The van der Waals surface area contributed by atoms with E-state index in [-0.39, 0.29) is 5.56 Å². The number of ether oxygens (including phenoxy) is 1. The van der Waals surface area contributed by atoms with E-state index < -0.39 is 5.97 Å². The third-order valence-electron chi connectivity index (χ3n) is 4.34. The second kappa shape index (κ2) is 8.75. The Balaban J connectivity index is 1.56. The zero-order valence-corrected chi connectivity index (χ0v) is 17.0. The van der Waals surface area contributed by atoms with Crippen molar-refractivity contribution in [2.24, 2.45) is 0 Å². The highest BCUT2D eigenvalue weighted by Crippen LogP contribution is 2.38. The Morgan fingerprint density at radius 2 is 1.87 bits per heavy atom. The molecular formula is C23H19N3O3S. The van der Waals surface area contributed by atoms with Gasteiger partial charge in [0.2, 0.25) is 5.06 Å². The first-order valence-corrected chi connectivity index (χ1v) is 10.2. The van der Waals surface area contributed by atoms with Crippen LogP contribution in [0.3, 0.4) is 0 Å². The smallest absolute Gasteiger partial charge is 0.335 e. The van der Waals surface area contributed by atoms with E-state index in [1.165, 1.54) is 11.3 Å². The number of aromatic carboxylic acids is 1. The molecule has 2 aromatic carbocycles. The number of thiazole rings is 1. The average Bonchev–Trinajstić information content (AvgIpc) is 3.18. The number of carbonyl (C=O) groups is 1. The largest absolute Gasteiger partial charge is 0.478 e. The number of hydrogen-bond acceptors (Lipinski definition) is 6. The number of anilines is 2. The van der Waals surface area contributed by atoms with Crippen LogP contribution in [-0.4, -0.2) is 21.0 Å². The Morgan fingerprint density at radius 1 is 1.10 bits per heavy atom. The van der Waals surface area contributed by atoms with E-state index in [4.69, 9.17) is 14.8 Å². The number of rotatable bonds is 7. The van der Waals surface area contributed by atoms with Crippen molar-refractivity contribution in [2.75, 3.05) is 5.32 Å². The van der Waals surface area contributed by atoms with Gasteiger partial charge in [-0.05, 0) is 36.8 Å². The average molecular weight is 417 g/mol. The number of carboxylic acids is 1. The Labute approximate surface area is 177 Å². The van der Waals surface area contributed by atoms with Crippen LogP contribution in [0.2, 0.25) is 0 Å². The summed E-state index contributed by atoms with van der Waals surface area (Å²) >= 11 is 1.53. The van der Waals surface area contributed by atoms with Crippen LogP contribution in [0, 0.1) is 0 Å². The molecule has 7 heteroatoms. The predicted molar refractivity (Wildman–Crippen MR) is 118 cm³/mol. The molecule has 150 valence electrons. The number of nitrogens with one attached hydrogen (secondary N) is 1. The van der Waals surface area contributed by atoms with Crippen molar-refractivity contribution >= 4 is 28.8 Å². The summed E-state index contributed by atoms with van der Waals surface area (Å²) in [5.41, 5.74) is 2.80. The van der Waals surface area contributed by atoms with Crippen molar-refractivity contribution in [3.63, 3.8) is 0 Å². The summed E-state index contributed by atoms with van der Waals surface area (Å²) in [6, 6.07) is 20.0. The van der Waals surface area contributed by atoms with Gasteiger partial charge in [0, 0.05) is 23.5 Å². The number of carboxylic acid groups (broad SMARTS) is 1. The highest BCUT2D eigenvalue weighted by Gasteiger charge is 2.15. The molecule has 0 aliphatic carbocycles. The first kappa shape index (κ1) is 19.6. The van der Waals surface area contributed by atoms with E-state index in [0.29, 0.717) is 11.6 Å². The van der Waals surface area contributed by atoms with Gasteiger partial charge in [0.15, 0.2) is 0 Å². The molecule has 0 saturated carbocycles. The molecule has 0 aliphatic rings. The van der Waals surface area contributed by atoms with Crippen LogP contribution >= 0.6 is 11.3 Å². The Hall–Kier alpha value is -3.71. The summed E-state index contributed by atoms with van der Waals surface area (Å²) in [5.74, 6) is 0.274. The van der Waals surface area contributed by atoms with E-state index in [9.17, 15) is 4.79 Å². The van der Waals surface area contributed by atoms with E-state index in [1.807, 2.05) is 30.3 Å². The second-order valence-corrected chi connectivity index (χ2v) is 7.50. The number of aromatic nitrogens is 2. The van der Waals surface area contributed by atoms with Gasteiger partial charge in [-0.25, -0.2) is 14.8 Å². The van der Waals surface area contributed by atoms with Crippen LogP contribution in [0.15, 0.2) is 72.9 Å². The zero-order chi connectivity index (χ0) is 20.9. The van der Waals surface area contributed by atoms with Crippen molar-refractivity contribution in [2.45, 2.75) is 13.3 Å². The van der Waals surface area contributed by atoms with Crippen molar-refractivity contribution in [1.29, 1.82) is 0 Å². The molecule has 0 amide bonds. The molecule has 4 aromatic rings. The lowest BCUT2D eigenvalue weighted by Crippen LogP contribution is -1.97. The molecule has 30 heavy (non-hydrogen) atoms. The van der Waals surface area contributed by atoms with Crippen LogP contribution in [0.4, 0.5) is 11.5 Å². The maximum Gasteiger partial charge on any atom is 0.335 e. The first-order chi connectivity index (χ1) is 14.6. The lowest BCUT2D eigenvalue weighted by atomic mass is 10.2. The standard InChI is InChI=1S/C23H19N3O3S/c1-2-20-26-21(15-6-4-3-5-7-15)23(30-20)29-18-12-13-24-19(14-18)25-17-10-8-16(9-11-17)22(27)28/h3-14H,2H2,1H3,(H,24,25)(H,27,28). The third-order valence-corrected chi connectivity index (χ3v) is 5.41. The summed E-state index contributed by atoms with van der Waals surface area (Å²) in [4.78, 5) is 20.0. The molecular weight excluding hydrogens is 398 g/mol. The minimum atomic E-state index is -0.958. The van der Waals surface area contributed by atoms with Gasteiger partial charge < -0.3 is 15.2 Å². The van der Waals surface area contributed by atoms with Gasteiger partial charge in [-0.3, -0.25) is 0 Å². The Morgan fingerprint density at radius 3 is 2.57 bits per heavy atom. The molecule has 2 aromatic heterocycles. The zero-order valence-electron chi connectivity index (χ0n) is 16.2. The molecule has 6 nitrogen and oxygen atoms in total. The highest BCUT2D eigenvalue weighted by molar-refractivity contribution is 7.14. The molecule has 0 atom stereocenters. The molecule has 0 spiro atoms. The van der Waals surface area contributed by atoms with Gasteiger partial charge in [-0.2, -0.15) is 0 Å². The van der Waals surface area contributed by atoms with Gasteiger partial charge in [0.25, 0.3) is 0 Å². The molecule has 4 rings (SSSR count).